The lowest BCUT2D eigenvalue weighted by Crippen LogP contribution is -2.07. The molecule has 5 rings (SSSR count). The molecule has 0 fully saturated rings. The van der Waals surface area contributed by atoms with Gasteiger partial charge in [-0.2, -0.15) is 0 Å². The lowest BCUT2D eigenvalue weighted by Gasteiger charge is -2.10. The predicted octanol–water partition coefficient (Wildman–Crippen LogP) is 5.71. The number of imidazole rings is 1. The zero-order valence-electron chi connectivity index (χ0n) is 19.4. The molecule has 0 atom stereocenters. The lowest BCUT2D eigenvalue weighted by molar-refractivity contribution is -0.132. The normalized spacial score (nSPS) is 11.1. The first-order chi connectivity index (χ1) is 16.5. The Kier molecular flexibility index (Phi) is 5.72. The van der Waals surface area contributed by atoms with Crippen LogP contribution in [0.15, 0.2) is 77.3 Å². The summed E-state index contributed by atoms with van der Waals surface area (Å²) in [7, 11) is 0. The smallest absolute Gasteiger partial charge is 0.309 e. The van der Waals surface area contributed by atoms with Crippen molar-refractivity contribution in [2.24, 2.45) is 0 Å². The van der Waals surface area contributed by atoms with Gasteiger partial charge in [0.05, 0.1) is 17.8 Å². The molecule has 34 heavy (non-hydrogen) atoms. The molecule has 0 radical (unpaired) electrons. The summed E-state index contributed by atoms with van der Waals surface area (Å²) in [5, 5.41) is 0. The van der Waals surface area contributed by atoms with Crippen molar-refractivity contribution >= 4 is 11.6 Å². The van der Waals surface area contributed by atoms with E-state index < -0.39 is 5.97 Å². The molecule has 0 aliphatic rings. The molecule has 0 N–H and O–H groups in total. The predicted molar refractivity (Wildman–Crippen MR) is 130 cm³/mol. The van der Waals surface area contributed by atoms with Gasteiger partial charge in [-0.05, 0) is 37.6 Å². The number of fused-ring (bicyclic) bond motifs is 1. The summed E-state index contributed by atoms with van der Waals surface area (Å²) in [5.74, 6) is 1.56. The van der Waals surface area contributed by atoms with Crippen molar-refractivity contribution < 1.29 is 13.9 Å². The fourth-order valence-electron chi connectivity index (χ4n) is 4.09. The van der Waals surface area contributed by atoms with Crippen LogP contribution in [0, 0.1) is 13.8 Å². The number of furan rings is 1. The molecule has 0 aliphatic heterocycles. The zero-order valence-corrected chi connectivity index (χ0v) is 19.4. The second kappa shape index (κ2) is 8.98. The molecule has 0 saturated heterocycles. The highest BCUT2D eigenvalue weighted by Gasteiger charge is 2.21. The highest BCUT2D eigenvalue weighted by molar-refractivity contribution is 5.71. The first-order valence-electron chi connectivity index (χ1n) is 11.2. The van der Waals surface area contributed by atoms with Crippen LogP contribution in [0.2, 0.25) is 0 Å². The summed E-state index contributed by atoms with van der Waals surface area (Å²) in [6.07, 6.45) is 2.89. The molecule has 3 heterocycles. The number of hydrogen-bond donors (Lipinski definition) is 0. The Balaban J connectivity index is 1.72. The molecule has 2 aromatic carbocycles. The second-order valence-corrected chi connectivity index (χ2v) is 8.44. The van der Waals surface area contributed by atoms with Gasteiger partial charge < -0.3 is 9.15 Å². The Bertz CT molecular complexity index is 1480. The van der Waals surface area contributed by atoms with E-state index in [0.717, 1.165) is 39.6 Å². The van der Waals surface area contributed by atoms with Gasteiger partial charge in [-0.3, -0.25) is 9.20 Å². The van der Waals surface area contributed by atoms with E-state index in [4.69, 9.17) is 19.1 Å². The number of nitrogens with zero attached hydrogens (tertiary/aromatic N) is 3. The lowest BCUT2D eigenvalue weighted by atomic mass is 10.1. The first-order valence-corrected chi connectivity index (χ1v) is 11.2. The summed E-state index contributed by atoms with van der Waals surface area (Å²) in [6.45, 7) is 5.35. The molecule has 3 aromatic heterocycles. The largest absolute Gasteiger partial charge is 0.466 e. The Morgan fingerprint density at radius 2 is 1.76 bits per heavy atom. The molecule has 0 bridgehead atoms. The van der Waals surface area contributed by atoms with E-state index in [1.807, 2.05) is 60.0 Å². The third-order valence-electron chi connectivity index (χ3n) is 5.61. The number of hydrogen-bond acceptors (Lipinski definition) is 5. The van der Waals surface area contributed by atoms with Crippen molar-refractivity contribution in [2.75, 3.05) is 0 Å². The summed E-state index contributed by atoms with van der Waals surface area (Å²) in [4.78, 5) is 21.9. The molecule has 6 heteroatoms. The molecule has 0 unspecified atom stereocenters. The number of aromatic nitrogens is 3. The minimum absolute atomic E-state index is 0.391. The first kappa shape index (κ1) is 21.6. The van der Waals surface area contributed by atoms with Gasteiger partial charge in [-0.15, -0.1) is 0 Å². The summed E-state index contributed by atoms with van der Waals surface area (Å²) >= 11 is 0. The van der Waals surface area contributed by atoms with E-state index in [1.165, 1.54) is 6.92 Å². The fraction of sp³-hybridized carbons (Fsp3) is 0.179. The van der Waals surface area contributed by atoms with Crippen molar-refractivity contribution in [1.82, 2.24) is 14.4 Å². The Hall–Kier alpha value is -4.19. The molecule has 0 spiro atoms. The maximum Gasteiger partial charge on any atom is 0.309 e. The molecule has 0 aliphatic carbocycles. The molecular weight excluding hydrogens is 426 g/mol. The van der Waals surface area contributed by atoms with Crippen LogP contribution in [0.3, 0.4) is 0 Å². The van der Waals surface area contributed by atoms with Crippen LogP contribution in [-0.2, 0) is 17.6 Å². The summed E-state index contributed by atoms with van der Waals surface area (Å²) in [6, 6.07) is 22.2. The van der Waals surface area contributed by atoms with Crippen LogP contribution in [0.25, 0.3) is 16.9 Å². The summed E-state index contributed by atoms with van der Waals surface area (Å²) in [5.41, 5.74) is 6.13. The highest BCUT2D eigenvalue weighted by Crippen LogP contribution is 2.30. The number of benzene rings is 2. The minimum Gasteiger partial charge on any atom is -0.466 e. The maximum absolute atomic E-state index is 12.0. The van der Waals surface area contributed by atoms with Gasteiger partial charge in [0.25, 0.3) is 0 Å². The van der Waals surface area contributed by atoms with Gasteiger partial charge in [0.1, 0.15) is 17.2 Å². The van der Waals surface area contributed by atoms with E-state index in [0.29, 0.717) is 30.1 Å². The average molecular weight is 452 g/mol. The Labute approximate surface area is 197 Å². The van der Waals surface area contributed by atoms with E-state index >= 15 is 0 Å². The van der Waals surface area contributed by atoms with Gasteiger partial charge in [-0.25, -0.2) is 9.97 Å². The fourth-order valence-corrected chi connectivity index (χ4v) is 4.09. The van der Waals surface area contributed by atoms with E-state index in [1.54, 1.807) is 0 Å². The zero-order chi connectivity index (χ0) is 23.7. The maximum atomic E-state index is 12.0. The van der Waals surface area contributed by atoms with Crippen LogP contribution in [0.5, 0.6) is 5.88 Å². The monoisotopic (exact) mass is 451 g/mol. The van der Waals surface area contributed by atoms with Gasteiger partial charge in [0.2, 0.25) is 5.88 Å². The van der Waals surface area contributed by atoms with Gasteiger partial charge in [-0.1, -0.05) is 54.1 Å². The molecule has 5 aromatic rings. The number of aryl methyl sites for hydroxylation is 2. The third kappa shape index (κ3) is 4.48. The van der Waals surface area contributed by atoms with E-state index in [2.05, 4.69) is 31.2 Å². The number of carbonyl (C=O) groups excluding carboxylic acids is 1. The van der Waals surface area contributed by atoms with Crippen molar-refractivity contribution in [3.05, 3.63) is 107 Å². The highest BCUT2D eigenvalue weighted by atomic mass is 16.5. The van der Waals surface area contributed by atoms with E-state index in [-0.39, 0.29) is 0 Å². The molecule has 0 saturated carbocycles. The third-order valence-corrected chi connectivity index (χ3v) is 5.61. The van der Waals surface area contributed by atoms with Crippen LogP contribution in [-0.4, -0.2) is 20.3 Å². The average Bonchev–Trinajstić information content (AvgIpc) is 3.37. The number of ether oxygens (including phenoxy) is 1. The van der Waals surface area contributed by atoms with Gasteiger partial charge in [0.15, 0.2) is 5.65 Å². The molecule has 6 nitrogen and oxygen atoms in total. The van der Waals surface area contributed by atoms with Gasteiger partial charge in [0, 0.05) is 25.1 Å². The van der Waals surface area contributed by atoms with Crippen molar-refractivity contribution in [2.45, 2.75) is 33.6 Å². The quantitative estimate of drug-likeness (QED) is 0.309. The minimum atomic E-state index is -0.405. The number of carbonyl (C=O) groups is 1. The molecular formula is C28H25N3O3. The topological polar surface area (TPSA) is 69.6 Å². The van der Waals surface area contributed by atoms with Crippen LogP contribution in [0.1, 0.15) is 41.0 Å². The van der Waals surface area contributed by atoms with Crippen LogP contribution < -0.4 is 4.74 Å². The van der Waals surface area contributed by atoms with Crippen LogP contribution in [0.4, 0.5) is 0 Å². The van der Waals surface area contributed by atoms with Crippen molar-refractivity contribution in [3.8, 4) is 17.1 Å². The SMILES string of the molecule is CC(=O)Oc1c(Cc2ccc(C)o2)nc2c(Cc3ccccc3)nc(-c3cccc(C)c3)cn12. The van der Waals surface area contributed by atoms with Crippen LogP contribution >= 0.6 is 0 Å². The van der Waals surface area contributed by atoms with Crippen molar-refractivity contribution in [3.63, 3.8) is 0 Å². The standard InChI is InChI=1S/C28H25N3O3/c1-18-8-7-11-22(14-18)26-17-31-27(24(29-26)15-21-9-5-4-6-10-21)30-25(28(31)34-20(3)32)16-23-13-12-19(2)33-23/h4-14,17H,15-16H2,1-3H3. The Morgan fingerprint density at radius 1 is 0.941 bits per heavy atom. The Morgan fingerprint density at radius 3 is 2.47 bits per heavy atom. The van der Waals surface area contributed by atoms with E-state index in [9.17, 15) is 4.79 Å². The molecule has 0 amide bonds. The van der Waals surface area contributed by atoms with Gasteiger partial charge >= 0.3 is 5.97 Å². The second-order valence-electron chi connectivity index (χ2n) is 8.44. The number of rotatable bonds is 6. The van der Waals surface area contributed by atoms with Crippen molar-refractivity contribution in [1.29, 1.82) is 0 Å². The number of esters is 1. The summed E-state index contributed by atoms with van der Waals surface area (Å²) < 4.78 is 13.3. The molecule has 170 valence electrons.